The third kappa shape index (κ3) is 4.62. The van der Waals surface area contributed by atoms with Crippen LogP contribution < -0.4 is 5.32 Å². The third-order valence-electron chi connectivity index (χ3n) is 3.09. The standard InChI is InChI=1S/C16H20N2O3S2/c1-9(2)7-17-14(19)11(4)21-16(20)13-10(3)18-15(23-13)12-5-6-22-8-12/h5-6,8-9,11H,7H2,1-4H3,(H,17,19). The minimum atomic E-state index is -0.827. The minimum absolute atomic E-state index is 0.285. The molecule has 2 aromatic heterocycles. The number of rotatable bonds is 6. The summed E-state index contributed by atoms with van der Waals surface area (Å²) in [5.41, 5.74) is 1.61. The van der Waals surface area contributed by atoms with Crippen LogP contribution >= 0.6 is 22.7 Å². The van der Waals surface area contributed by atoms with Crippen LogP contribution in [0.3, 0.4) is 0 Å². The Morgan fingerprint density at radius 2 is 2.09 bits per heavy atom. The van der Waals surface area contributed by atoms with Crippen molar-refractivity contribution in [3.63, 3.8) is 0 Å². The van der Waals surface area contributed by atoms with Gasteiger partial charge in [0.1, 0.15) is 9.88 Å². The van der Waals surface area contributed by atoms with Gasteiger partial charge in [-0.05, 0) is 31.2 Å². The number of aryl methyl sites for hydroxylation is 1. The van der Waals surface area contributed by atoms with Gasteiger partial charge in [0, 0.05) is 17.5 Å². The van der Waals surface area contributed by atoms with Crippen LogP contribution in [0.4, 0.5) is 0 Å². The first-order valence-corrected chi connectivity index (χ1v) is 9.13. The fraction of sp³-hybridized carbons (Fsp3) is 0.438. The molecule has 0 radical (unpaired) electrons. The van der Waals surface area contributed by atoms with Gasteiger partial charge in [0.2, 0.25) is 0 Å². The Morgan fingerprint density at radius 1 is 1.35 bits per heavy atom. The smallest absolute Gasteiger partial charge is 0.351 e. The zero-order valence-corrected chi connectivity index (χ0v) is 15.2. The highest BCUT2D eigenvalue weighted by Gasteiger charge is 2.23. The number of thiophene rings is 1. The number of hydrogen-bond acceptors (Lipinski definition) is 6. The average Bonchev–Trinajstić information content (AvgIpc) is 3.13. The van der Waals surface area contributed by atoms with Crippen LogP contribution in [0.15, 0.2) is 16.8 Å². The normalized spacial score (nSPS) is 12.2. The third-order valence-corrected chi connectivity index (χ3v) is 4.96. The van der Waals surface area contributed by atoms with Crippen molar-refractivity contribution in [1.29, 1.82) is 0 Å². The topological polar surface area (TPSA) is 68.3 Å². The van der Waals surface area contributed by atoms with Gasteiger partial charge >= 0.3 is 5.97 Å². The van der Waals surface area contributed by atoms with Crippen molar-refractivity contribution >= 4 is 34.6 Å². The van der Waals surface area contributed by atoms with E-state index in [4.69, 9.17) is 4.74 Å². The summed E-state index contributed by atoms with van der Waals surface area (Å²) in [6.07, 6.45) is -0.827. The molecular weight excluding hydrogens is 332 g/mol. The molecule has 0 fully saturated rings. The predicted molar refractivity (Wildman–Crippen MR) is 92.9 cm³/mol. The second-order valence-electron chi connectivity index (χ2n) is 5.63. The van der Waals surface area contributed by atoms with Gasteiger partial charge in [-0.1, -0.05) is 13.8 Å². The lowest BCUT2D eigenvalue weighted by molar-refractivity contribution is -0.129. The van der Waals surface area contributed by atoms with Crippen molar-refractivity contribution in [2.75, 3.05) is 6.54 Å². The average molecular weight is 352 g/mol. The van der Waals surface area contributed by atoms with E-state index in [1.54, 1.807) is 25.2 Å². The van der Waals surface area contributed by atoms with E-state index in [-0.39, 0.29) is 5.91 Å². The van der Waals surface area contributed by atoms with Crippen LogP contribution in [0, 0.1) is 12.8 Å². The van der Waals surface area contributed by atoms with E-state index in [2.05, 4.69) is 10.3 Å². The second kappa shape index (κ2) is 7.70. The summed E-state index contributed by atoms with van der Waals surface area (Å²) in [6, 6.07) is 1.96. The van der Waals surface area contributed by atoms with E-state index in [1.165, 1.54) is 11.3 Å². The summed E-state index contributed by atoms with van der Waals surface area (Å²) in [5, 5.41) is 7.48. The molecule has 2 aromatic rings. The highest BCUT2D eigenvalue weighted by atomic mass is 32.1. The van der Waals surface area contributed by atoms with E-state index in [1.807, 2.05) is 30.7 Å². The van der Waals surface area contributed by atoms with Crippen molar-refractivity contribution in [3.8, 4) is 10.6 Å². The monoisotopic (exact) mass is 352 g/mol. The molecule has 0 aliphatic carbocycles. The Hall–Kier alpha value is -1.73. The second-order valence-corrected chi connectivity index (χ2v) is 7.41. The minimum Gasteiger partial charge on any atom is -0.448 e. The van der Waals surface area contributed by atoms with Crippen molar-refractivity contribution in [1.82, 2.24) is 10.3 Å². The van der Waals surface area contributed by atoms with Gasteiger partial charge in [0.15, 0.2) is 6.10 Å². The number of hydrogen-bond donors (Lipinski definition) is 1. The molecule has 0 spiro atoms. The van der Waals surface area contributed by atoms with E-state index >= 15 is 0 Å². The number of nitrogens with one attached hydrogen (secondary N) is 1. The molecule has 0 aliphatic rings. The van der Waals surface area contributed by atoms with Crippen LogP contribution in [0.25, 0.3) is 10.6 Å². The number of aromatic nitrogens is 1. The predicted octanol–water partition coefficient (Wildman–Crippen LogP) is 3.50. The molecule has 23 heavy (non-hydrogen) atoms. The lowest BCUT2D eigenvalue weighted by atomic mass is 10.2. The Morgan fingerprint density at radius 3 is 2.70 bits per heavy atom. The SMILES string of the molecule is Cc1nc(-c2ccsc2)sc1C(=O)OC(C)C(=O)NCC(C)C. The molecule has 1 amide bonds. The van der Waals surface area contributed by atoms with Gasteiger partial charge in [0.05, 0.1) is 5.69 Å². The number of ether oxygens (including phenoxy) is 1. The first-order chi connectivity index (χ1) is 10.9. The van der Waals surface area contributed by atoms with E-state index in [0.29, 0.717) is 23.0 Å². The first-order valence-electron chi connectivity index (χ1n) is 7.37. The molecule has 7 heteroatoms. The number of thiazole rings is 1. The number of carbonyl (C=O) groups is 2. The molecule has 0 aliphatic heterocycles. The highest BCUT2D eigenvalue weighted by molar-refractivity contribution is 7.17. The van der Waals surface area contributed by atoms with Gasteiger partial charge in [-0.3, -0.25) is 4.79 Å². The summed E-state index contributed by atoms with van der Waals surface area (Å²) in [7, 11) is 0. The van der Waals surface area contributed by atoms with Crippen LogP contribution in [0.2, 0.25) is 0 Å². The van der Waals surface area contributed by atoms with E-state index < -0.39 is 12.1 Å². The molecule has 0 saturated heterocycles. The molecule has 2 heterocycles. The maximum absolute atomic E-state index is 12.3. The molecule has 1 atom stereocenters. The van der Waals surface area contributed by atoms with Gasteiger partial charge in [-0.2, -0.15) is 11.3 Å². The molecule has 0 bridgehead atoms. The number of amides is 1. The molecule has 0 saturated carbocycles. The van der Waals surface area contributed by atoms with Gasteiger partial charge < -0.3 is 10.1 Å². The first kappa shape index (κ1) is 17.6. The molecular formula is C16H20N2O3S2. The van der Waals surface area contributed by atoms with Crippen molar-refractivity contribution < 1.29 is 14.3 Å². The summed E-state index contributed by atoms with van der Waals surface area (Å²) >= 11 is 2.86. The molecule has 5 nitrogen and oxygen atoms in total. The Balaban J connectivity index is 2.02. The van der Waals surface area contributed by atoms with Crippen LogP contribution in [0.5, 0.6) is 0 Å². The summed E-state index contributed by atoms with van der Waals surface area (Å²) in [4.78, 5) is 29.0. The maximum Gasteiger partial charge on any atom is 0.351 e. The lowest BCUT2D eigenvalue weighted by Gasteiger charge is -2.14. The molecule has 1 N–H and O–H groups in total. The zero-order valence-electron chi connectivity index (χ0n) is 13.6. The van der Waals surface area contributed by atoms with Crippen molar-refractivity contribution in [2.24, 2.45) is 5.92 Å². The van der Waals surface area contributed by atoms with Crippen LogP contribution in [0.1, 0.15) is 36.1 Å². The van der Waals surface area contributed by atoms with Crippen LogP contribution in [-0.2, 0) is 9.53 Å². The van der Waals surface area contributed by atoms with Gasteiger partial charge in [-0.25, -0.2) is 9.78 Å². The van der Waals surface area contributed by atoms with Crippen LogP contribution in [-0.4, -0.2) is 29.5 Å². The number of esters is 1. The summed E-state index contributed by atoms with van der Waals surface area (Å²) in [6.45, 7) is 7.91. The molecule has 0 aromatic carbocycles. The van der Waals surface area contributed by atoms with E-state index in [9.17, 15) is 9.59 Å². The Bertz CT molecular complexity index is 678. The Kier molecular flexibility index (Phi) is 5.90. The van der Waals surface area contributed by atoms with Crippen molar-refractivity contribution in [2.45, 2.75) is 33.8 Å². The molecule has 2 rings (SSSR count). The summed E-state index contributed by atoms with van der Waals surface area (Å²) < 4.78 is 5.26. The van der Waals surface area contributed by atoms with Gasteiger partial charge in [-0.15, -0.1) is 11.3 Å². The quantitative estimate of drug-likeness (QED) is 0.808. The number of nitrogens with zero attached hydrogens (tertiary/aromatic N) is 1. The van der Waals surface area contributed by atoms with Gasteiger partial charge in [0.25, 0.3) is 5.91 Å². The Labute approximate surface area is 143 Å². The maximum atomic E-state index is 12.3. The zero-order chi connectivity index (χ0) is 17.0. The molecule has 124 valence electrons. The molecule has 1 unspecified atom stereocenters. The summed E-state index contributed by atoms with van der Waals surface area (Å²) in [5.74, 6) is -0.445. The highest BCUT2D eigenvalue weighted by Crippen LogP contribution is 2.29. The van der Waals surface area contributed by atoms with Crippen molar-refractivity contribution in [3.05, 3.63) is 27.4 Å². The fourth-order valence-corrected chi connectivity index (χ4v) is 3.47. The lowest BCUT2D eigenvalue weighted by Crippen LogP contribution is -2.37. The number of carbonyl (C=O) groups excluding carboxylic acids is 2. The van der Waals surface area contributed by atoms with E-state index in [0.717, 1.165) is 10.6 Å². The fourth-order valence-electron chi connectivity index (χ4n) is 1.81. The largest absolute Gasteiger partial charge is 0.448 e.